The highest BCUT2D eigenvalue weighted by Gasteiger charge is 2.65. The fourth-order valence-electron chi connectivity index (χ4n) is 10.5. The highest BCUT2D eigenvalue weighted by atomic mass is 19.4. The van der Waals surface area contributed by atoms with Gasteiger partial charge in [0.1, 0.15) is 5.75 Å². The van der Waals surface area contributed by atoms with Crippen LogP contribution in [0.5, 0.6) is 5.75 Å². The third-order valence-electron chi connectivity index (χ3n) is 12.4. The van der Waals surface area contributed by atoms with Crippen molar-refractivity contribution in [3.63, 3.8) is 0 Å². The number of hydrogen-bond donors (Lipinski definition) is 1. The van der Waals surface area contributed by atoms with Crippen LogP contribution < -0.4 is 4.74 Å². The fraction of sp³-hybridized carbons (Fsp3) is 0.818. The summed E-state index contributed by atoms with van der Waals surface area (Å²) >= 11 is 0. The third-order valence-corrected chi connectivity index (χ3v) is 12.4. The van der Waals surface area contributed by atoms with E-state index in [1.54, 1.807) is 31.4 Å². The van der Waals surface area contributed by atoms with Gasteiger partial charge in [0.25, 0.3) is 0 Å². The van der Waals surface area contributed by atoms with E-state index in [4.69, 9.17) is 9.47 Å². The molecule has 0 spiro atoms. The first kappa shape index (κ1) is 29.2. The molecule has 0 aromatic heterocycles. The molecule has 4 aliphatic rings. The summed E-state index contributed by atoms with van der Waals surface area (Å²) in [4.78, 5) is 0. The molecule has 4 saturated carbocycles. The van der Waals surface area contributed by atoms with E-state index < -0.39 is 23.3 Å². The molecule has 39 heavy (non-hydrogen) atoms. The van der Waals surface area contributed by atoms with Crippen molar-refractivity contribution < 1.29 is 27.8 Å². The Kier molecular flexibility index (Phi) is 7.44. The minimum atomic E-state index is -4.44. The van der Waals surface area contributed by atoms with Gasteiger partial charge in [-0.15, -0.1) is 0 Å². The van der Waals surface area contributed by atoms with Gasteiger partial charge >= 0.3 is 6.18 Å². The molecule has 0 heterocycles. The molecule has 220 valence electrons. The van der Waals surface area contributed by atoms with Crippen molar-refractivity contribution >= 4 is 0 Å². The topological polar surface area (TPSA) is 38.7 Å². The Hall–Kier alpha value is -1.27. The van der Waals surface area contributed by atoms with E-state index in [9.17, 15) is 18.3 Å². The molecule has 0 amide bonds. The van der Waals surface area contributed by atoms with Crippen LogP contribution in [-0.4, -0.2) is 30.1 Å². The number of methoxy groups -OCH3 is 1. The van der Waals surface area contributed by atoms with E-state index in [-0.39, 0.29) is 23.4 Å². The zero-order chi connectivity index (χ0) is 28.4. The van der Waals surface area contributed by atoms with Gasteiger partial charge in [0.05, 0.1) is 19.3 Å². The lowest BCUT2D eigenvalue weighted by Gasteiger charge is -2.62. The Morgan fingerprint density at radius 3 is 2.21 bits per heavy atom. The minimum absolute atomic E-state index is 0.0453. The molecule has 6 heteroatoms. The monoisotopic (exact) mass is 550 g/mol. The van der Waals surface area contributed by atoms with Crippen LogP contribution in [0.3, 0.4) is 0 Å². The van der Waals surface area contributed by atoms with Gasteiger partial charge in [-0.3, -0.25) is 0 Å². The summed E-state index contributed by atoms with van der Waals surface area (Å²) in [5.74, 6) is 2.86. The fourth-order valence-corrected chi connectivity index (χ4v) is 10.5. The van der Waals surface area contributed by atoms with Gasteiger partial charge in [-0.05, 0) is 123 Å². The van der Waals surface area contributed by atoms with E-state index in [0.717, 1.165) is 57.8 Å². The van der Waals surface area contributed by atoms with Gasteiger partial charge in [-0.2, -0.15) is 13.2 Å². The summed E-state index contributed by atoms with van der Waals surface area (Å²) in [5.41, 5.74) is -0.738. The van der Waals surface area contributed by atoms with Gasteiger partial charge in [0.15, 0.2) is 6.10 Å². The van der Waals surface area contributed by atoms with Crippen molar-refractivity contribution in [1.29, 1.82) is 0 Å². The molecule has 0 bridgehead atoms. The first-order valence-electron chi connectivity index (χ1n) is 15.2. The maximum absolute atomic E-state index is 14.6. The normalized spacial score (nSPS) is 41.3. The predicted molar refractivity (Wildman–Crippen MR) is 147 cm³/mol. The molecule has 5 rings (SSSR count). The van der Waals surface area contributed by atoms with Crippen LogP contribution in [-0.2, 0) is 11.3 Å². The van der Waals surface area contributed by atoms with E-state index >= 15 is 0 Å². The number of fused-ring (bicyclic) bond motifs is 5. The molecule has 1 unspecified atom stereocenters. The summed E-state index contributed by atoms with van der Waals surface area (Å²) in [7, 11) is 1.57. The highest BCUT2D eigenvalue weighted by molar-refractivity contribution is 5.26. The SMILES string of the molecule is COc1ccc(COC(C(F)(F)F)C(C)(C)[C@H]2CC[C@H]3[C@@H]4CC[C@@H]5C[C@](C)(O)CC[C@]5(C)[C@H]4CC[C@]23C)cc1. The Balaban J connectivity index is 1.35. The van der Waals surface area contributed by atoms with Crippen LogP contribution in [0.1, 0.15) is 98.0 Å². The number of hydrogen-bond acceptors (Lipinski definition) is 3. The molecule has 3 nitrogen and oxygen atoms in total. The van der Waals surface area contributed by atoms with Crippen molar-refractivity contribution in [2.75, 3.05) is 7.11 Å². The Bertz CT molecular complexity index is 1020. The van der Waals surface area contributed by atoms with Crippen molar-refractivity contribution in [2.45, 2.75) is 117 Å². The smallest absolute Gasteiger partial charge is 0.415 e. The molecular weight excluding hydrogens is 501 g/mol. The molecule has 0 radical (unpaired) electrons. The highest BCUT2D eigenvalue weighted by Crippen LogP contribution is 2.70. The quantitative estimate of drug-likeness (QED) is 0.386. The maximum Gasteiger partial charge on any atom is 0.415 e. The van der Waals surface area contributed by atoms with E-state index in [1.807, 2.05) is 20.8 Å². The number of rotatable bonds is 6. The Morgan fingerprint density at radius 2 is 1.56 bits per heavy atom. The first-order chi connectivity index (χ1) is 18.1. The van der Waals surface area contributed by atoms with Gasteiger partial charge in [-0.1, -0.05) is 39.8 Å². The van der Waals surface area contributed by atoms with E-state index in [0.29, 0.717) is 35.0 Å². The minimum Gasteiger partial charge on any atom is -0.497 e. The van der Waals surface area contributed by atoms with Crippen LogP contribution in [0.25, 0.3) is 0 Å². The molecule has 1 aromatic carbocycles. The molecule has 1 N–H and O–H groups in total. The van der Waals surface area contributed by atoms with Gasteiger partial charge in [0, 0.05) is 5.41 Å². The second-order valence-electron chi connectivity index (χ2n) is 14.9. The zero-order valence-electron chi connectivity index (χ0n) is 24.7. The van der Waals surface area contributed by atoms with Crippen molar-refractivity contribution in [3.05, 3.63) is 29.8 Å². The van der Waals surface area contributed by atoms with Gasteiger partial charge < -0.3 is 14.6 Å². The van der Waals surface area contributed by atoms with Crippen LogP contribution >= 0.6 is 0 Å². The lowest BCUT2D eigenvalue weighted by molar-refractivity contribution is -0.269. The zero-order valence-corrected chi connectivity index (χ0v) is 24.7. The number of aliphatic hydroxyl groups is 1. The average Bonchev–Trinajstić information content (AvgIpc) is 3.22. The lowest BCUT2D eigenvalue weighted by Crippen LogP contribution is -2.57. The molecule has 1 aromatic rings. The van der Waals surface area contributed by atoms with Crippen LogP contribution in [0.4, 0.5) is 13.2 Å². The number of halogens is 3. The maximum atomic E-state index is 14.6. The van der Waals surface area contributed by atoms with Crippen molar-refractivity contribution in [3.8, 4) is 5.75 Å². The second kappa shape index (κ2) is 9.93. The summed E-state index contributed by atoms with van der Waals surface area (Å²) in [6, 6.07) is 7.07. The van der Waals surface area contributed by atoms with Gasteiger partial charge in [0.2, 0.25) is 0 Å². The van der Waals surface area contributed by atoms with Crippen LogP contribution in [0.15, 0.2) is 24.3 Å². The average molecular weight is 551 g/mol. The summed E-state index contributed by atoms with van der Waals surface area (Å²) in [5, 5.41) is 10.8. The molecule has 9 atom stereocenters. The summed E-state index contributed by atoms with van der Waals surface area (Å²) < 4.78 is 54.9. The van der Waals surface area contributed by atoms with Crippen LogP contribution in [0, 0.1) is 45.8 Å². The standard InChI is InChI=1S/C33H49F3O3/c1-29(2,28(33(34,35)36)39-20-21-7-10-23(38-6)11-8-21)27-14-13-25-24-12-9-22-19-30(3,37)17-18-31(22,4)26(24)15-16-32(25,27)5/h7-8,10-11,22,24-28,37H,9,12-20H2,1-6H3/t22-,24+,25+,26+,27-,28?,30-,31+,32+/m1/s1. The summed E-state index contributed by atoms with van der Waals surface area (Å²) in [6.45, 7) is 10.3. The Labute approximate surface area is 233 Å². The number of benzene rings is 1. The number of alkyl halides is 3. The van der Waals surface area contributed by atoms with Crippen LogP contribution in [0.2, 0.25) is 0 Å². The van der Waals surface area contributed by atoms with E-state index in [2.05, 4.69) is 13.8 Å². The first-order valence-corrected chi connectivity index (χ1v) is 15.2. The number of ether oxygens (including phenoxy) is 2. The molecule has 0 saturated heterocycles. The molecule has 4 aliphatic carbocycles. The van der Waals surface area contributed by atoms with Crippen molar-refractivity contribution in [2.24, 2.45) is 45.8 Å². The summed E-state index contributed by atoms with van der Waals surface area (Å²) in [6.07, 6.45) is 2.82. The largest absolute Gasteiger partial charge is 0.497 e. The molecule has 0 aliphatic heterocycles. The predicted octanol–water partition coefficient (Wildman–Crippen LogP) is 8.58. The second-order valence-corrected chi connectivity index (χ2v) is 14.9. The molecular formula is C33H49F3O3. The van der Waals surface area contributed by atoms with E-state index in [1.165, 1.54) is 0 Å². The van der Waals surface area contributed by atoms with Crippen molar-refractivity contribution in [1.82, 2.24) is 0 Å². The Morgan fingerprint density at radius 1 is 0.897 bits per heavy atom. The lowest BCUT2D eigenvalue weighted by atomic mass is 9.43. The molecule has 4 fully saturated rings. The third kappa shape index (κ3) is 5.04. The van der Waals surface area contributed by atoms with Gasteiger partial charge in [-0.25, -0.2) is 0 Å².